The number of hydrogen-bond acceptors (Lipinski definition) is 4. The van der Waals surface area contributed by atoms with Crippen molar-refractivity contribution in [3.8, 4) is 5.75 Å². The molecule has 0 aliphatic carbocycles. The summed E-state index contributed by atoms with van der Waals surface area (Å²) in [4.78, 5) is 41.3. The summed E-state index contributed by atoms with van der Waals surface area (Å²) in [6.07, 6.45) is 0. The molecule has 0 unspecified atom stereocenters. The van der Waals surface area contributed by atoms with Crippen molar-refractivity contribution in [3.05, 3.63) is 29.8 Å². The third-order valence-corrected chi connectivity index (χ3v) is 4.99. The molecule has 0 aromatic heterocycles. The van der Waals surface area contributed by atoms with Crippen molar-refractivity contribution in [1.29, 1.82) is 0 Å². The maximum absolute atomic E-state index is 12.6. The van der Waals surface area contributed by atoms with Gasteiger partial charge in [0.2, 0.25) is 5.91 Å². The fourth-order valence-electron chi connectivity index (χ4n) is 3.30. The zero-order valence-corrected chi connectivity index (χ0v) is 18.8. The van der Waals surface area contributed by atoms with Crippen LogP contribution in [-0.4, -0.2) is 86.0 Å². The van der Waals surface area contributed by atoms with Crippen LogP contribution in [0.1, 0.15) is 26.3 Å². The monoisotopic (exact) mass is 419 g/mol. The van der Waals surface area contributed by atoms with Crippen LogP contribution in [0, 0.1) is 6.92 Å². The van der Waals surface area contributed by atoms with Gasteiger partial charge in [-0.3, -0.25) is 14.4 Å². The molecule has 0 saturated carbocycles. The Bertz CT molecular complexity index is 752. The number of carbonyl (C=O) groups is 3. The maximum Gasteiger partial charge on any atom is 0.275 e. The lowest BCUT2D eigenvalue weighted by Crippen LogP contribution is -3.16. The van der Waals surface area contributed by atoms with Gasteiger partial charge in [-0.05, 0) is 39.3 Å². The predicted octanol–water partition coefficient (Wildman–Crippen LogP) is -0.526. The van der Waals surface area contributed by atoms with Gasteiger partial charge in [0.15, 0.2) is 13.2 Å². The highest BCUT2D eigenvalue weighted by atomic mass is 16.5. The molecule has 0 atom stereocenters. The molecular formula is C22H35N4O4+. The summed E-state index contributed by atoms with van der Waals surface area (Å²) in [7, 11) is 1.61. The van der Waals surface area contributed by atoms with Crippen molar-refractivity contribution in [2.75, 3.05) is 52.9 Å². The maximum atomic E-state index is 12.6. The minimum atomic E-state index is -0.242. The van der Waals surface area contributed by atoms with Gasteiger partial charge in [-0.1, -0.05) is 18.2 Å². The van der Waals surface area contributed by atoms with Crippen LogP contribution in [0.25, 0.3) is 0 Å². The number of nitrogens with zero attached hydrogens (tertiary/aromatic N) is 2. The zero-order chi connectivity index (χ0) is 22.3. The average Bonchev–Trinajstić information content (AvgIpc) is 2.66. The zero-order valence-electron chi connectivity index (χ0n) is 18.8. The molecule has 8 heteroatoms. The predicted molar refractivity (Wildman–Crippen MR) is 114 cm³/mol. The SMILES string of the molecule is Cc1ccccc1OCC(=O)N(C)CC(=O)N1CC[NH+](CC(=O)NC(C)(C)C)CC1. The number of benzene rings is 1. The van der Waals surface area contributed by atoms with Gasteiger partial charge in [-0.25, -0.2) is 0 Å². The number of likely N-dealkylation sites (N-methyl/N-ethyl adjacent to an activating group) is 1. The molecule has 1 aromatic rings. The number of ether oxygens (including phenoxy) is 1. The lowest BCUT2D eigenvalue weighted by molar-refractivity contribution is -0.896. The summed E-state index contributed by atoms with van der Waals surface area (Å²) in [6.45, 7) is 10.7. The summed E-state index contributed by atoms with van der Waals surface area (Å²) in [5, 5.41) is 2.97. The van der Waals surface area contributed by atoms with Crippen molar-refractivity contribution in [1.82, 2.24) is 15.1 Å². The number of hydrogen-bond donors (Lipinski definition) is 2. The van der Waals surface area contributed by atoms with E-state index in [9.17, 15) is 14.4 Å². The molecule has 0 spiro atoms. The van der Waals surface area contributed by atoms with Crippen LogP contribution in [0.15, 0.2) is 24.3 Å². The van der Waals surface area contributed by atoms with Gasteiger partial charge in [0, 0.05) is 12.6 Å². The van der Waals surface area contributed by atoms with E-state index in [4.69, 9.17) is 4.74 Å². The highest BCUT2D eigenvalue weighted by Gasteiger charge is 2.27. The largest absolute Gasteiger partial charge is 0.484 e. The number of amides is 3. The van der Waals surface area contributed by atoms with E-state index in [2.05, 4.69) is 5.32 Å². The number of para-hydroxylation sites is 1. The highest BCUT2D eigenvalue weighted by molar-refractivity contribution is 5.85. The fraction of sp³-hybridized carbons (Fsp3) is 0.591. The number of aryl methyl sites for hydroxylation is 1. The van der Waals surface area contributed by atoms with Crippen molar-refractivity contribution in [2.24, 2.45) is 0 Å². The molecule has 30 heavy (non-hydrogen) atoms. The van der Waals surface area contributed by atoms with Crippen LogP contribution in [0.5, 0.6) is 5.75 Å². The Kier molecular flexibility index (Phi) is 8.23. The Morgan fingerprint density at radius 3 is 2.40 bits per heavy atom. The van der Waals surface area contributed by atoms with Crippen LogP contribution in [-0.2, 0) is 14.4 Å². The number of quaternary nitrogens is 1. The number of nitrogens with one attached hydrogen (secondary N) is 2. The van der Waals surface area contributed by atoms with Gasteiger partial charge in [-0.15, -0.1) is 0 Å². The minimum absolute atomic E-state index is 0.0236. The van der Waals surface area contributed by atoms with Gasteiger partial charge in [0.1, 0.15) is 5.75 Å². The molecule has 166 valence electrons. The molecule has 0 bridgehead atoms. The lowest BCUT2D eigenvalue weighted by atomic mass is 10.1. The van der Waals surface area contributed by atoms with Crippen LogP contribution in [0.2, 0.25) is 0 Å². The molecule has 8 nitrogen and oxygen atoms in total. The summed E-state index contributed by atoms with van der Waals surface area (Å²) < 4.78 is 5.57. The summed E-state index contributed by atoms with van der Waals surface area (Å²) >= 11 is 0. The Labute approximate surface area is 179 Å². The summed E-state index contributed by atoms with van der Waals surface area (Å²) in [5.74, 6) is 0.367. The van der Waals surface area contributed by atoms with Gasteiger partial charge < -0.3 is 24.8 Å². The molecule has 0 radical (unpaired) electrons. The van der Waals surface area contributed by atoms with Gasteiger partial charge in [0.25, 0.3) is 11.8 Å². The molecule has 3 amide bonds. The third-order valence-electron chi connectivity index (χ3n) is 4.99. The van der Waals surface area contributed by atoms with E-state index in [-0.39, 0.29) is 36.4 Å². The van der Waals surface area contributed by atoms with Crippen LogP contribution < -0.4 is 15.0 Å². The van der Waals surface area contributed by atoms with Crippen molar-refractivity contribution >= 4 is 17.7 Å². The molecule has 1 aromatic carbocycles. The van der Waals surface area contributed by atoms with Gasteiger partial charge >= 0.3 is 0 Å². The van der Waals surface area contributed by atoms with E-state index < -0.39 is 0 Å². The first kappa shape index (κ1) is 23.7. The third kappa shape index (κ3) is 7.67. The molecule has 2 rings (SSSR count). The molecule has 1 fully saturated rings. The standard InChI is InChI=1S/C22H34N4O4/c1-17-8-6-7-9-18(17)30-16-21(29)24(5)15-20(28)26-12-10-25(11-13-26)14-19(27)23-22(2,3)4/h6-9H,10-16H2,1-5H3,(H,23,27)/p+1. The fourth-order valence-corrected chi connectivity index (χ4v) is 3.30. The first-order chi connectivity index (χ1) is 14.0. The Morgan fingerprint density at radius 1 is 1.17 bits per heavy atom. The van der Waals surface area contributed by atoms with E-state index in [1.165, 1.54) is 4.90 Å². The molecule has 1 aliphatic rings. The molecule has 1 aliphatic heterocycles. The Balaban J connectivity index is 1.72. The number of carbonyl (C=O) groups excluding carboxylic acids is 3. The van der Waals surface area contributed by atoms with E-state index in [0.29, 0.717) is 25.4 Å². The van der Waals surface area contributed by atoms with E-state index in [1.54, 1.807) is 11.9 Å². The molecule has 1 heterocycles. The second kappa shape index (κ2) is 10.4. The van der Waals surface area contributed by atoms with Crippen LogP contribution in [0.3, 0.4) is 0 Å². The van der Waals surface area contributed by atoms with E-state index in [1.807, 2.05) is 52.0 Å². The first-order valence-corrected chi connectivity index (χ1v) is 10.4. The minimum Gasteiger partial charge on any atom is -0.484 e. The van der Waals surface area contributed by atoms with Gasteiger partial charge in [-0.2, -0.15) is 0 Å². The topological polar surface area (TPSA) is 83.4 Å². The van der Waals surface area contributed by atoms with Crippen molar-refractivity contribution < 1.29 is 24.0 Å². The molecule has 1 saturated heterocycles. The van der Waals surface area contributed by atoms with Crippen molar-refractivity contribution in [2.45, 2.75) is 33.2 Å². The normalized spacial score (nSPS) is 14.9. The lowest BCUT2D eigenvalue weighted by Gasteiger charge is -2.33. The van der Waals surface area contributed by atoms with Crippen LogP contribution >= 0.6 is 0 Å². The van der Waals surface area contributed by atoms with Gasteiger partial charge in [0.05, 0.1) is 32.7 Å². The smallest absolute Gasteiger partial charge is 0.275 e. The Hall–Kier alpha value is -2.61. The quantitative estimate of drug-likeness (QED) is 0.623. The summed E-state index contributed by atoms with van der Waals surface area (Å²) in [6, 6.07) is 7.50. The number of rotatable bonds is 7. The Morgan fingerprint density at radius 2 is 1.80 bits per heavy atom. The molecule has 2 N–H and O–H groups in total. The second-order valence-electron chi connectivity index (χ2n) is 8.91. The van der Waals surface area contributed by atoms with Crippen LogP contribution in [0.4, 0.5) is 0 Å². The average molecular weight is 420 g/mol. The first-order valence-electron chi connectivity index (χ1n) is 10.4. The van der Waals surface area contributed by atoms with E-state index in [0.717, 1.165) is 23.6 Å². The second-order valence-corrected chi connectivity index (χ2v) is 8.91. The molecular weight excluding hydrogens is 384 g/mol. The number of piperazine rings is 1. The van der Waals surface area contributed by atoms with E-state index >= 15 is 0 Å². The highest BCUT2D eigenvalue weighted by Crippen LogP contribution is 2.16. The summed E-state index contributed by atoms with van der Waals surface area (Å²) in [5.41, 5.74) is 0.717. The van der Waals surface area contributed by atoms with Crippen molar-refractivity contribution in [3.63, 3.8) is 0 Å².